The molecule has 1 aliphatic heterocycles. The molecule has 1 aromatic rings. The van der Waals surface area contributed by atoms with Crippen LogP contribution < -0.4 is 4.74 Å². The van der Waals surface area contributed by atoms with Crippen LogP contribution in [0.15, 0.2) is 22.7 Å². The molecule has 2 aliphatic rings. The summed E-state index contributed by atoms with van der Waals surface area (Å²) >= 11 is 3.57. The molecular formula is C15H19BrO. The van der Waals surface area contributed by atoms with Gasteiger partial charge in [-0.3, -0.25) is 0 Å². The van der Waals surface area contributed by atoms with E-state index in [2.05, 4.69) is 48.0 Å². The third-order valence-electron chi connectivity index (χ3n) is 4.09. The lowest BCUT2D eigenvalue weighted by atomic mass is 9.81. The maximum atomic E-state index is 6.17. The van der Waals surface area contributed by atoms with Crippen LogP contribution in [-0.2, 0) is 0 Å². The molecule has 0 aromatic heterocycles. The molecule has 1 saturated carbocycles. The predicted octanol–water partition coefficient (Wildman–Crippen LogP) is 4.75. The van der Waals surface area contributed by atoms with Crippen molar-refractivity contribution in [3.8, 4) is 5.75 Å². The summed E-state index contributed by atoms with van der Waals surface area (Å²) in [7, 11) is 0. The summed E-state index contributed by atoms with van der Waals surface area (Å²) in [6, 6.07) is 6.46. The summed E-state index contributed by atoms with van der Waals surface area (Å²) in [6.07, 6.45) is 4.39. The van der Waals surface area contributed by atoms with Gasteiger partial charge in [0.25, 0.3) is 0 Å². The standard InChI is InChI=1S/C15H19BrO/c1-9(2)12-8-15(10-3-4-10)17-14-6-5-11(16)7-13(12)14/h5-7,9-10,12,15H,3-4,8H2,1-2H3. The van der Waals surface area contributed by atoms with E-state index in [-0.39, 0.29) is 0 Å². The summed E-state index contributed by atoms with van der Waals surface area (Å²) in [6.45, 7) is 4.65. The predicted molar refractivity (Wildman–Crippen MR) is 73.5 cm³/mol. The van der Waals surface area contributed by atoms with E-state index in [4.69, 9.17) is 4.74 Å². The molecule has 3 rings (SSSR count). The maximum absolute atomic E-state index is 6.17. The van der Waals surface area contributed by atoms with Crippen molar-refractivity contribution in [3.63, 3.8) is 0 Å². The largest absolute Gasteiger partial charge is 0.490 e. The third kappa shape index (κ3) is 2.24. The Labute approximate surface area is 112 Å². The number of ether oxygens (including phenoxy) is 1. The summed E-state index contributed by atoms with van der Waals surface area (Å²) < 4.78 is 7.33. The molecule has 0 radical (unpaired) electrons. The molecule has 1 fully saturated rings. The molecule has 0 spiro atoms. The van der Waals surface area contributed by atoms with Gasteiger partial charge in [-0.1, -0.05) is 29.8 Å². The molecule has 2 unspecified atom stereocenters. The second-order valence-electron chi connectivity index (χ2n) is 5.76. The topological polar surface area (TPSA) is 9.23 Å². The van der Waals surface area contributed by atoms with Crippen molar-refractivity contribution in [2.75, 3.05) is 0 Å². The van der Waals surface area contributed by atoms with E-state index in [1.807, 2.05) is 0 Å². The van der Waals surface area contributed by atoms with Crippen molar-refractivity contribution in [1.82, 2.24) is 0 Å². The number of benzene rings is 1. The van der Waals surface area contributed by atoms with Gasteiger partial charge in [0.1, 0.15) is 11.9 Å². The molecule has 17 heavy (non-hydrogen) atoms. The van der Waals surface area contributed by atoms with Crippen molar-refractivity contribution >= 4 is 15.9 Å². The fraction of sp³-hybridized carbons (Fsp3) is 0.600. The van der Waals surface area contributed by atoms with Crippen molar-refractivity contribution in [1.29, 1.82) is 0 Å². The molecule has 0 bridgehead atoms. The minimum absolute atomic E-state index is 0.469. The maximum Gasteiger partial charge on any atom is 0.123 e. The average molecular weight is 295 g/mol. The number of hydrogen-bond donors (Lipinski definition) is 0. The second-order valence-corrected chi connectivity index (χ2v) is 6.68. The Morgan fingerprint density at radius 2 is 2.06 bits per heavy atom. The highest BCUT2D eigenvalue weighted by Gasteiger charge is 2.39. The molecule has 1 nitrogen and oxygen atoms in total. The van der Waals surface area contributed by atoms with Crippen LogP contribution in [-0.4, -0.2) is 6.10 Å². The van der Waals surface area contributed by atoms with Crippen LogP contribution in [0, 0.1) is 11.8 Å². The number of hydrogen-bond acceptors (Lipinski definition) is 1. The quantitative estimate of drug-likeness (QED) is 0.765. The van der Waals surface area contributed by atoms with Crippen LogP contribution in [0.1, 0.15) is 44.6 Å². The number of halogens is 1. The minimum Gasteiger partial charge on any atom is -0.490 e. The number of fused-ring (bicyclic) bond motifs is 1. The Hall–Kier alpha value is -0.500. The molecule has 0 saturated heterocycles. The molecule has 0 amide bonds. The lowest BCUT2D eigenvalue weighted by Crippen LogP contribution is -2.29. The molecule has 1 aliphatic carbocycles. The van der Waals surface area contributed by atoms with Gasteiger partial charge in [-0.15, -0.1) is 0 Å². The van der Waals surface area contributed by atoms with Crippen LogP contribution in [0.5, 0.6) is 5.75 Å². The zero-order chi connectivity index (χ0) is 12.0. The van der Waals surface area contributed by atoms with Crippen molar-refractivity contribution < 1.29 is 4.74 Å². The SMILES string of the molecule is CC(C)C1CC(C2CC2)Oc2ccc(Br)cc21. The Morgan fingerprint density at radius 3 is 2.71 bits per heavy atom. The second kappa shape index (κ2) is 4.31. The van der Waals surface area contributed by atoms with E-state index in [1.165, 1.54) is 24.8 Å². The fourth-order valence-corrected chi connectivity index (χ4v) is 3.27. The van der Waals surface area contributed by atoms with Gasteiger partial charge >= 0.3 is 0 Å². The first kappa shape index (κ1) is 11.6. The molecular weight excluding hydrogens is 276 g/mol. The highest BCUT2D eigenvalue weighted by molar-refractivity contribution is 9.10. The van der Waals surface area contributed by atoms with E-state index in [1.54, 1.807) is 0 Å². The fourth-order valence-electron chi connectivity index (χ4n) is 2.89. The molecule has 0 N–H and O–H groups in total. The Balaban J connectivity index is 1.96. The zero-order valence-corrected chi connectivity index (χ0v) is 12.0. The smallest absolute Gasteiger partial charge is 0.123 e. The lowest BCUT2D eigenvalue weighted by molar-refractivity contribution is 0.126. The van der Waals surface area contributed by atoms with Crippen LogP contribution >= 0.6 is 15.9 Å². The average Bonchev–Trinajstić information content (AvgIpc) is 3.11. The van der Waals surface area contributed by atoms with Crippen molar-refractivity contribution in [2.45, 2.75) is 45.1 Å². The summed E-state index contributed by atoms with van der Waals surface area (Å²) in [5.74, 6) is 3.29. The molecule has 2 heteroatoms. The van der Waals surface area contributed by atoms with Crippen molar-refractivity contribution in [2.24, 2.45) is 11.8 Å². The minimum atomic E-state index is 0.469. The van der Waals surface area contributed by atoms with E-state index in [9.17, 15) is 0 Å². The highest BCUT2D eigenvalue weighted by atomic mass is 79.9. The summed E-state index contributed by atoms with van der Waals surface area (Å²) in [4.78, 5) is 0. The van der Waals surface area contributed by atoms with Crippen LogP contribution in [0.4, 0.5) is 0 Å². The van der Waals surface area contributed by atoms with Gasteiger partial charge in [-0.05, 0) is 60.8 Å². The summed E-state index contributed by atoms with van der Waals surface area (Å²) in [5, 5.41) is 0. The monoisotopic (exact) mass is 294 g/mol. The van der Waals surface area contributed by atoms with Gasteiger partial charge in [0.2, 0.25) is 0 Å². The van der Waals surface area contributed by atoms with Gasteiger partial charge < -0.3 is 4.74 Å². The first-order valence-corrected chi connectivity index (χ1v) is 7.40. The third-order valence-corrected chi connectivity index (χ3v) is 4.58. The normalized spacial score (nSPS) is 27.8. The first-order chi connectivity index (χ1) is 8.15. The number of rotatable bonds is 2. The zero-order valence-electron chi connectivity index (χ0n) is 10.4. The Kier molecular flexibility index (Phi) is 2.94. The highest BCUT2D eigenvalue weighted by Crippen LogP contribution is 2.47. The van der Waals surface area contributed by atoms with Crippen LogP contribution in [0.3, 0.4) is 0 Å². The van der Waals surface area contributed by atoms with E-state index < -0.39 is 0 Å². The lowest BCUT2D eigenvalue weighted by Gasteiger charge is -2.34. The van der Waals surface area contributed by atoms with Crippen LogP contribution in [0.25, 0.3) is 0 Å². The van der Waals surface area contributed by atoms with Gasteiger partial charge in [0.05, 0.1) is 0 Å². The Morgan fingerprint density at radius 1 is 1.29 bits per heavy atom. The first-order valence-electron chi connectivity index (χ1n) is 6.61. The van der Waals surface area contributed by atoms with Gasteiger partial charge in [-0.2, -0.15) is 0 Å². The van der Waals surface area contributed by atoms with E-state index in [0.29, 0.717) is 17.9 Å². The molecule has 1 aromatic carbocycles. The summed E-state index contributed by atoms with van der Waals surface area (Å²) in [5.41, 5.74) is 1.39. The van der Waals surface area contributed by atoms with E-state index in [0.717, 1.165) is 16.1 Å². The van der Waals surface area contributed by atoms with Gasteiger partial charge in [0.15, 0.2) is 0 Å². The van der Waals surface area contributed by atoms with Crippen molar-refractivity contribution in [3.05, 3.63) is 28.2 Å². The van der Waals surface area contributed by atoms with Gasteiger partial charge in [-0.25, -0.2) is 0 Å². The van der Waals surface area contributed by atoms with Gasteiger partial charge in [0, 0.05) is 4.47 Å². The van der Waals surface area contributed by atoms with Crippen LogP contribution in [0.2, 0.25) is 0 Å². The Bertz CT molecular complexity index is 423. The molecule has 1 heterocycles. The van der Waals surface area contributed by atoms with E-state index >= 15 is 0 Å². The molecule has 92 valence electrons. The molecule has 2 atom stereocenters.